The molecule has 1 aromatic rings. The molecule has 3 nitrogen and oxygen atoms in total. The molecule has 0 aliphatic carbocycles. The van der Waals surface area contributed by atoms with E-state index in [1.165, 1.54) is 12.1 Å². The van der Waals surface area contributed by atoms with Gasteiger partial charge in [0.1, 0.15) is 0 Å². The first-order chi connectivity index (χ1) is 5.91. The van der Waals surface area contributed by atoms with Crippen molar-refractivity contribution in [2.75, 3.05) is 0 Å². The normalized spacial score (nSPS) is 10.4. The van der Waals surface area contributed by atoms with E-state index in [1.807, 2.05) is 6.92 Å². The predicted octanol–water partition coefficient (Wildman–Crippen LogP) is -0.917. The van der Waals surface area contributed by atoms with Gasteiger partial charge in [0.05, 0.1) is 4.90 Å². The minimum Gasteiger partial charge on any atom is -1.00 e. The van der Waals surface area contributed by atoms with Crippen molar-refractivity contribution in [1.82, 2.24) is 0 Å². The molecule has 0 unspecified atom stereocenters. The summed E-state index contributed by atoms with van der Waals surface area (Å²) in [4.78, 5) is -0.0995. The van der Waals surface area contributed by atoms with Gasteiger partial charge in [-0.05, 0) is 24.6 Å². The van der Waals surface area contributed by atoms with Crippen LogP contribution < -0.4 is 29.6 Å². The van der Waals surface area contributed by atoms with Gasteiger partial charge in [-0.1, -0.05) is 24.3 Å². The monoisotopic (exact) mass is 222 g/mol. The summed E-state index contributed by atoms with van der Waals surface area (Å²) in [6.45, 7) is 5.53. The molecule has 0 atom stereocenters. The molecule has 0 aliphatic heterocycles. The maximum absolute atomic E-state index is 10.6. The summed E-state index contributed by atoms with van der Waals surface area (Å²) in [6.07, 6.45) is 0. The number of rotatable bonds is 2. The summed E-state index contributed by atoms with van der Waals surface area (Å²) in [5, 5.41) is 0. The molecule has 0 bridgehead atoms. The van der Waals surface area contributed by atoms with Gasteiger partial charge in [0.2, 0.25) is 0 Å². The second kappa shape index (κ2) is 5.09. The molecule has 0 amide bonds. The van der Waals surface area contributed by atoms with Crippen LogP contribution in [0.5, 0.6) is 0 Å². The smallest absolute Gasteiger partial charge is 1.00 e. The zero-order valence-corrected chi connectivity index (χ0v) is 11.0. The molecule has 0 aliphatic rings. The summed E-state index contributed by atoms with van der Waals surface area (Å²) >= 11 is 0. The van der Waals surface area contributed by atoms with Crippen LogP contribution in [0.1, 0.15) is 13.9 Å². The van der Waals surface area contributed by atoms with Gasteiger partial charge in [-0.2, -0.15) is 8.42 Å². The fourth-order valence-electron chi connectivity index (χ4n) is 0.911. The van der Waals surface area contributed by atoms with Crippen LogP contribution in [-0.2, 0) is 10.1 Å². The Hall–Kier alpha value is -0.130. The van der Waals surface area contributed by atoms with Crippen LogP contribution in [0.15, 0.2) is 35.7 Å². The minimum atomic E-state index is -4.07. The average molecular weight is 222 g/mol. The van der Waals surface area contributed by atoms with Gasteiger partial charge in [-0.15, -0.1) is 0 Å². The molecule has 0 spiro atoms. The van der Waals surface area contributed by atoms with Gasteiger partial charge in [0, 0.05) is 0 Å². The zero-order chi connectivity index (χ0) is 10.1. The first kappa shape index (κ1) is 13.9. The molecule has 0 saturated carbocycles. The summed E-state index contributed by atoms with van der Waals surface area (Å²) in [5.74, 6) is 0. The number of allylic oxidation sites excluding steroid dienone is 1. The van der Waals surface area contributed by atoms with Crippen molar-refractivity contribution in [2.24, 2.45) is 0 Å². The Kier molecular flexibility index (Phi) is 5.05. The Morgan fingerprint density at radius 2 is 1.79 bits per heavy atom. The molecule has 1 aromatic carbocycles. The van der Waals surface area contributed by atoms with E-state index in [1.54, 1.807) is 12.1 Å². The van der Waals surface area contributed by atoms with Crippen LogP contribution in [0, 0.1) is 0 Å². The van der Waals surface area contributed by atoms with Crippen molar-refractivity contribution in [1.29, 1.82) is 0 Å². The molecule has 0 aromatic heterocycles. The van der Waals surface area contributed by atoms with Crippen molar-refractivity contribution in [3.63, 3.8) is 0 Å². The van der Waals surface area contributed by atoms with Crippen LogP contribution in [0.25, 0.3) is 5.57 Å². The van der Waals surface area contributed by atoms with E-state index in [9.17, 15) is 8.42 Å². The third-order valence-electron chi connectivity index (χ3n) is 1.64. The first-order valence-corrected chi connectivity index (χ1v) is 5.09. The molecule has 0 fully saturated rings. The Labute approximate surface area is 107 Å². The summed E-state index contributed by atoms with van der Waals surface area (Å²) in [5.41, 5.74) is 1.70. The third-order valence-corrected chi connectivity index (χ3v) is 2.51. The number of hydrogen-bond acceptors (Lipinski definition) is 2. The Balaban J connectivity index is 0. The molecular weight excluding hydrogens is 211 g/mol. The van der Waals surface area contributed by atoms with E-state index in [2.05, 4.69) is 6.58 Å². The summed E-state index contributed by atoms with van der Waals surface area (Å²) in [7, 11) is -4.07. The molecule has 5 heteroatoms. The molecule has 0 radical (unpaired) electrons. The Morgan fingerprint density at radius 3 is 2.07 bits per heavy atom. The van der Waals surface area contributed by atoms with Crippen molar-refractivity contribution in [3.05, 3.63) is 36.4 Å². The Bertz CT molecular complexity index is 425. The summed E-state index contributed by atoms with van der Waals surface area (Å²) < 4.78 is 30.0. The van der Waals surface area contributed by atoms with E-state index in [0.717, 1.165) is 11.1 Å². The van der Waals surface area contributed by atoms with Gasteiger partial charge < -0.3 is 1.43 Å². The number of benzene rings is 1. The first-order valence-electron chi connectivity index (χ1n) is 3.64. The van der Waals surface area contributed by atoms with E-state index >= 15 is 0 Å². The zero-order valence-electron chi connectivity index (χ0n) is 9.19. The third kappa shape index (κ3) is 3.55. The van der Waals surface area contributed by atoms with Gasteiger partial charge in [0.25, 0.3) is 10.1 Å². The maximum Gasteiger partial charge on any atom is 1.00 e. The average Bonchev–Trinajstić information content (AvgIpc) is 2.03. The SMILES string of the molecule is C=C(C)c1ccc(S(=O)(=O)O)cc1.[H-].[Na+]. The Morgan fingerprint density at radius 1 is 1.36 bits per heavy atom. The topological polar surface area (TPSA) is 54.4 Å². The fraction of sp³-hybridized carbons (Fsp3) is 0.111. The second-order valence-corrected chi connectivity index (χ2v) is 4.20. The van der Waals surface area contributed by atoms with Crippen LogP contribution in [-0.4, -0.2) is 13.0 Å². The van der Waals surface area contributed by atoms with Crippen LogP contribution in [0.2, 0.25) is 0 Å². The van der Waals surface area contributed by atoms with E-state index in [0.29, 0.717) is 0 Å². The molecule has 1 N–H and O–H groups in total. The molecular formula is C9H11NaO3S. The van der Waals surface area contributed by atoms with Crippen LogP contribution >= 0.6 is 0 Å². The molecule has 1 rings (SSSR count). The second-order valence-electron chi connectivity index (χ2n) is 2.78. The van der Waals surface area contributed by atoms with Gasteiger partial charge in [-0.25, -0.2) is 0 Å². The largest absolute Gasteiger partial charge is 1.00 e. The van der Waals surface area contributed by atoms with Crippen LogP contribution in [0.3, 0.4) is 0 Å². The van der Waals surface area contributed by atoms with Gasteiger partial charge >= 0.3 is 29.6 Å². The number of hydrogen-bond donors (Lipinski definition) is 1. The fourth-order valence-corrected chi connectivity index (χ4v) is 1.39. The molecule has 0 heterocycles. The molecule has 0 saturated heterocycles. The van der Waals surface area contributed by atoms with E-state index < -0.39 is 10.1 Å². The minimum absolute atomic E-state index is 0. The van der Waals surface area contributed by atoms with Crippen molar-refractivity contribution in [2.45, 2.75) is 11.8 Å². The standard InChI is InChI=1S/C9H10O3S.Na.H/c1-7(2)8-3-5-9(6-4-8)13(10,11)12;;/h3-6H,1H2,2H3,(H,10,11,12);;/q;+1;-1. The van der Waals surface area contributed by atoms with E-state index in [-0.39, 0.29) is 35.9 Å². The van der Waals surface area contributed by atoms with Crippen molar-refractivity contribution >= 4 is 15.7 Å². The van der Waals surface area contributed by atoms with E-state index in [4.69, 9.17) is 4.55 Å². The molecule has 72 valence electrons. The van der Waals surface area contributed by atoms with Gasteiger partial charge in [0.15, 0.2) is 0 Å². The maximum atomic E-state index is 10.6. The van der Waals surface area contributed by atoms with Gasteiger partial charge in [-0.3, -0.25) is 4.55 Å². The quantitative estimate of drug-likeness (QED) is 0.520. The van der Waals surface area contributed by atoms with Crippen molar-refractivity contribution in [3.8, 4) is 0 Å². The van der Waals surface area contributed by atoms with Crippen molar-refractivity contribution < 1.29 is 44.0 Å². The molecule has 14 heavy (non-hydrogen) atoms. The predicted molar refractivity (Wildman–Crippen MR) is 52.1 cm³/mol. The summed E-state index contributed by atoms with van der Waals surface area (Å²) in [6, 6.07) is 5.90. The van der Waals surface area contributed by atoms with Crippen LogP contribution in [0.4, 0.5) is 0 Å².